The van der Waals surface area contributed by atoms with Gasteiger partial charge < -0.3 is 9.47 Å². The molecule has 2 atom stereocenters. The van der Waals surface area contributed by atoms with E-state index in [9.17, 15) is 4.79 Å². The van der Waals surface area contributed by atoms with Crippen LogP contribution in [0.5, 0.6) is 0 Å². The number of benzene rings is 1. The Labute approximate surface area is 621 Å². The number of hydrogen-bond donors (Lipinski definition) is 0. The second-order valence-electron chi connectivity index (χ2n) is 34.9. The van der Waals surface area contributed by atoms with Gasteiger partial charge in [-0.25, -0.2) is 29.9 Å². The van der Waals surface area contributed by atoms with Crippen LogP contribution in [0.3, 0.4) is 0 Å². The Morgan fingerprint density at radius 3 is 1.43 bits per heavy atom. The first-order valence-electron chi connectivity index (χ1n) is 35.4. The number of hydrogen-bond acceptors (Lipinski definition) is 13. The van der Waals surface area contributed by atoms with E-state index in [0.717, 1.165) is 81.2 Å². The maximum atomic E-state index is 12.0. The van der Waals surface area contributed by atoms with Crippen molar-refractivity contribution in [3.05, 3.63) is 234 Å². The van der Waals surface area contributed by atoms with Gasteiger partial charge in [-0.15, -0.1) is 0 Å². The number of aromatic nitrogens is 10. The molecule has 2 unspecified atom stereocenters. The molecule has 1 aromatic carbocycles. The number of fused-ring (bicyclic) bond motifs is 1. The molecule has 0 N–H and O–H groups in total. The summed E-state index contributed by atoms with van der Waals surface area (Å²) in [5, 5.41) is 0.840. The molecule has 0 saturated carbocycles. The van der Waals surface area contributed by atoms with E-state index in [1.165, 1.54) is 17.5 Å². The van der Waals surface area contributed by atoms with Gasteiger partial charge in [0.1, 0.15) is 12.2 Å². The summed E-state index contributed by atoms with van der Waals surface area (Å²) in [7, 11) is 0. The molecular weight excluding hydrogens is 1280 g/mol. The summed E-state index contributed by atoms with van der Waals surface area (Å²) in [5.74, 6) is 1.56. The van der Waals surface area contributed by atoms with E-state index in [4.69, 9.17) is 9.47 Å². The monoisotopic (exact) mass is 1400 g/mol. The standard InChI is InChI=1S/C12H15NOS.3C11H15N.3C10H14N2.C7H14O.C6H12O/c1-12(2,3)8-13-11(14)9-6-4-5-7-10(9)15-13;1-5-10-8-9(6-7-12-10)11(2,3)4;1-5-10-9(11(2,3)4)7-6-8-12-10;1-5-9-7-6-8-10(12-9)11(2,3)4;1-5-8-6-9(10(2,3)4)12-7-11-8;1-5-9-11-7-6-8(12-9)10(2,3)4;1-5-8-6-7-11-9(12-8)10(2,3)4;1-7(2,3)4-6-5-8-6;1-6(2,3)5-4-7-5/h4-7H,8H2,1-3H3;3*5-8H,1H2,2-4H3;3*5-7H,1H2,2-4H3;6H,4-5H2,1-3H3;5H,4H2,1-3H3. The van der Waals surface area contributed by atoms with E-state index in [-0.39, 0.29) is 43.5 Å². The molecule has 2 saturated heterocycles. The highest BCUT2D eigenvalue weighted by Crippen LogP contribution is 2.32. The van der Waals surface area contributed by atoms with Crippen LogP contribution in [0.4, 0.5) is 0 Å². The molecule has 0 radical (unpaired) electrons. The molecule has 0 spiro atoms. The fourth-order valence-electron chi connectivity index (χ4n) is 8.82. The molecule has 0 bridgehead atoms. The molecule has 8 aromatic rings. The average Bonchev–Trinajstić information content (AvgIpc) is 1.63. The molecule has 102 heavy (non-hydrogen) atoms. The van der Waals surface area contributed by atoms with Gasteiger partial charge in [0.15, 0.2) is 5.82 Å². The van der Waals surface area contributed by atoms with Gasteiger partial charge in [0.25, 0.3) is 5.56 Å². The van der Waals surface area contributed by atoms with Crippen molar-refractivity contribution in [1.82, 2.24) is 48.8 Å². The highest BCUT2D eigenvalue weighted by atomic mass is 32.1. The van der Waals surface area contributed by atoms with E-state index in [2.05, 4.69) is 283 Å². The van der Waals surface area contributed by atoms with E-state index in [1.54, 1.807) is 72.9 Å². The smallest absolute Gasteiger partial charge is 0.268 e. The van der Waals surface area contributed by atoms with Crippen molar-refractivity contribution in [2.45, 2.75) is 245 Å². The van der Waals surface area contributed by atoms with Crippen molar-refractivity contribution in [3.8, 4) is 0 Å². The number of epoxide rings is 2. The summed E-state index contributed by atoms with van der Waals surface area (Å²) in [4.78, 5) is 50.0. The third kappa shape index (κ3) is 35.7. The first-order chi connectivity index (χ1) is 46.9. The Bertz CT molecular complexity index is 3600. The van der Waals surface area contributed by atoms with E-state index in [0.29, 0.717) is 28.9 Å². The van der Waals surface area contributed by atoms with E-state index < -0.39 is 0 Å². The van der Waals surface area contributed by atoms with Crippen molar-refractivity contribution < 1.29 is 9.47 Å². The molecule has 13 nitrogen and oxygen atoms in total. The summed E-state index contributed by atoms with van der Waals surface area (Å²) in [6, 6.07) is 27.8. The first kappa shape index (κ1) is 90.0. The summed E-state index contributed by atoms with van der Waals surface area (Å²) < 4.78 is 13.1. The minimum atomic E-state index is 0.0129. The van der Waals surface area contributed by atoms with Crippen molar-refractivity contribution in [3.63, 3.8) is 0 Å². The lowest BCUT2D eigenvalue weighted by molar-refractivity contribution is 0.266. The molecule has 2 aliphatic rings. The van der Waals surface area contributed by atoms with Crippen LogP contribution in [-0.2, 0) is 48.5 Å². The van der Waals surface area contributed by atoms with Crippen molar-refractivity contribution in [2.24, 2.45) is 16.2 Å². The first-order valence-corrected chi connectivity index (χ1v) is 36.1. The molecule has 7 aromatic heterocycles. The van der Waals surface area contributed by atoms with Crippen LogP contribution < -0.4 is 5.56 Å². The van der Waals surface area contributed by atoms with Gasteiger partial charge in [0, 0.05) is 70.1 Å². The minimum Gasteiger partial charge on any atom is -0.373 e. The molecule has 2 fully saturated rings. The Balaban J connectivity index is 0.000000392. The Morgan fingerprint density at radius 2 is 0.990 bits per heavy atom. The van der Waals surface area contributed by atoms with E-state index in [1.807, 2.05) is 82.9 Å². The third-order valence-corrected chi connectivity index (χ3v) is 16.1. The lowest BCUT2D eigenvalue weighted by Gasteiger charge is -2.20. The number of rotatable bonds is 8. The Kier molecular flexibility index (Phi) is 34.9. The van der Waals surface area contributed by atoms with Gasteiger partial charge in [-0.1, -0.05) is 262 Å². The van der Waals surface area contributed by atoms with Crippen LogP contribution in [0.15, 0.2) is 160 Å². The zero-order valence-corrected chi connectivity index (χ0v) is 68.6. The van der Waals surface area contributed by atoms with Gasteiger partial charge in [0.05, 0.1) is 64.0 Å². The summed E-state index contributed by atoms with van der Waals surface area (Å²) in [6.07, 6.45) is 21.6. The molecule has 554 valence electrons. The normalized spacial score (nSPS) is 14.0. The van der Waals surface area contributed by atoms with Crippen LogP contribution in [0.1, 0.15) is 262 Å². The second kappa shape index (κ2) is 39.6. The lowest BCUT2D eigenvalue weighted by atomic mass is 9.86. The van der Waals surface area contributed by atoms with Crippen molar-refractivity contribution in [1.29, 1.82) is 0 Å². The average molecular weight is 1410 g/mol. The SMILES string of the molecule is C=Cc1cc(C(C)(C)C)ccn1.C=Cc1cc(C(C)(C)C)ncn1.C=Cc1cccc(C(C)(C)C)n1.C=Cc1ccnc(C(C)(C)C)n1.C=Cc1nccc(C(C)(C)C)n1.C=Cc1ncccc1C(C)(C)C.CC(C)(C)C1CO1.CC(C)(C)CC1CO1.CC(C)(C)Cn1sc2ccccc2c1=O. The Morgan fingerprint density at radius 1 is 0.451 bits per heavy atom. The molecule has 10 rings (SSSR count). The van der Waals surface area contributed by atoms with Crippen LogP contribution in [-0.4, -0.2) is 74.2 Å². The van der Waals surface area contributed by atoms with Crippen LogP contribution in [0.25, 0.3) is 46.5 Å². The zero-order valence-electron chi connectivity index (χ0n) is 67.8. The van der Waals surface area contributed by atoms with Gasteiger partial charge in [0.2, 0.25) is 0 Å². The topological polar surface area (TPSA) is 163 Å². The summed E-state index contributed by atoms with van der Waals surface area (Å²) in [6.45, 7) is 83.2. The predicted molar refractivity (Wildman–Crippen MR) is 440 cm³/mol. The van der Waals surface area contributed by atoms with Gasteiger partial charge >= 0.3 is 0 Å². The maximum absolute atomic E-state index is 12.0. The predicted octanol–water partition coefficient (Wildman–Crippen LogP) is 22.7. The fraction of sp³-hybridized carbons (Fsp3) is 0.477. The third-order valence-electron chi connectivity index (χ3n) is 15.0. The minimum absolute atomic E-state index is 0.0129. The largest absolute Gasteiger partial charge is 0.373 e. The molecule has 0 aliphatic carbocycles. The van der Waals surface area contributed by atoms with Crippen LogP contribution in [0.2, 0.25) is 0 Å². The highest BCUT2D eigenvalue weighted by molar-refractivity contribution is 7.13. The molecule has 0 amide bonds. The van der Waals surface area contributed by atoms with E-state index >= 15 is 0 Å². The lowest BCUT2D eigenvalue weighted by Crippen LogP contribution is -2.22. The van der Waals surface area contributed by atoms with Crippen LogP contribution in [0, 0.1) is 16.2 Å². The zero-order chi connectivity index (χ0) is 77.9. The molecule has 14 heteroatoms. The van der Waals surface area contributed by atoms with Gasteiger partial charge in [-0.05, 0) is 142 Å². The van der Waals surface area contributed by atoms with Gasteiger partial charge in [-0.3, -0.25) is 23.7 Å². The second-order valence-corrected chi connectivity index (χ2v) is 36.0. The summed E-state index contributed by atoms with van der Waals surface area (Å²) in [5.41, 5.74) is 12.2. The number of pyridine rings is 3. The maximum Gasteiger partial charge on any atom is 0.268 e. The van der Waals surface area contributed by atoms with Crippen molar-refractivity contribution in [2.75, 3.05) is 13.2 Å². The molecular formula is C88H128N10O3S. The highest BCUT2D eigenvalue weighted by Gasteiger charge is 2.35. The van der Waals surface area contributed by atoms with Crippen molar-refractivity contribution >= 4 is 58.1 Å². The Hall–Kier alpha value is -8.04. The fourth-order valence-corrected chi connectivity index (χ4v) is 10.1. The number of ether oxygens (including phenoxy) is 2. The summed E-state index contributed by atoms with van der Waals surface area (Å²) >= 11 is 1.55. The van der Waals surface area contributed by atoms with Crippen LogP contribution >= 0.6 is 11.5 Å². The molecule has 9 heterocycles. The quantitative estimate of drug-likeness (QED) is 0.133. The molecule has 2 aliphatic heterocycles. The van der Waals surface area contributed by atoms with Gasteiger partial charge in [-0.2, -0.15) is 0 Å². The number of nitrogens with zero attached hydrogens (tertiary/aromatic N) is 10.